The number of hydrogen-bond donors (Lipinski definition) is 1. The third-order valence-electron chi connectivity index (χ3n) is 5.42. The molecule has 0 spiro atoms. The first kappa shape index (κ1) is 19.5. The van der Waals surface area contributed by atoms with Crippen molar-refractivity contribution in [3.63, 3.8) is 0 Å². The standard InChI is InChI=1S/C22H32N2OS/c1-22(2,3)19-11-9-18(10-12-19)16-26-21-23-13-20(15-25)24(21)14-17-7-5-4-6-8-17/h9-13,17,25H,4-8,14-16H2,1-3H3. The summed E-state index contributed by atoms with van der Waals surface area (Å²) in [6.07, 6.45) is 8.52. The van der Waals surface area contributed by atoms with Gasteiger partial charge in [-0.05, 0) is 35.3 Å². The molecule has 1 fully saturated rings. The summed E-state index contributed by atoms with van der Waals surface area (Å²) in [5, 5.41) is 10.7. The van der Waals surface area contributed by atoms with Crippen molar-refractivity contribution in [2.75, 3.05) is 0 Å². The Labute approximate surface area is 162 Å². The zero-order chi connectivity index (χ0) is 18.6. The van der Waals surface area contributed by atoms with Crippen LogP contribution in [0.3, 0.4) is 0 Å². The highest BCUT2D eigenvalue weighted by Crippen LogP contribution is 2.30. The molecule has 0 radical (unpaired) electrons. The fraction of sp³-hybridized carbons (Fsp3) is 0.591. The van der Waals surface area contributed by atoms with Crippen LogP contribution in [0, 0.1) is 5.92 Å². The lowest BCUT2D eigenvalue weighted by molar-refractivity contribution is 0.255. The lowest BCUT2D eigenvalue weighted by Gasteiger charge is -2.23. The topological polar surface area (TPSA) is 38.1 Å². The third kappa shape index (κ3) is 4.92. The van der Waals surface area contributed by atoms with Crippen LogP contribution in [-0.2, 0) is 24.3 Å². The van der Waals surface area contributed by atoms with E-state index >= 15 is 0 Å². The third-order valence-corrected chi connectivity index (χ3v) is 6.48. The maximum atomic E-state index is 9.68. The van der Waals surface area contributed by atoms with E-state index in [4.69, 9.17) is 0 Å². The van der Waals surface area contributed by atoms with Crippen LogP contribution in [0.4, 0.5) is 0 Å². The van der Waals surface area contributed by atoms with E-state index in [1.54, 1.807) is 11.8 Å². The summed E-state index contributed by atoms with van der Waals surface area (Å²) in [4.78, 5) is 4.59. The SMILES string of the molecule is CC(C)(C)c1ccc(CSc2ncc(CO)n2CC2CCCCC2)cc1. The summed E-state index contributed by atoms with van der Waals surface area (Å²) >= 11 is 1.78. The van der Waals surface area contributed by atoms with Gasteiger partial charge in [0.05, 0.1) is 18.5 Å². The molecule has 1 saturated carbocycles. The van der Waals surface area contributed by atoms with Crippen molar-refractivity contribution in [2.24, 2.45) is 5.92 Å². The van der Waals surface area contributed by atoms with Gasteiger partial charge in [0, 0.05) is 12.3 Å². The second-order valence-electron chi connectivity index (χ2n) is 8.54. The van der Waals surface area contributed by atoms with Gasteiger partial charge in [-0.25, -0.2) is 4.98 Å². The van der Waals surface area contributed by atoms with Crippen molar-refractivity contribution in [2.45, 2.75) is 82.4 Å². The van der Waals surface area contributed by atoms with Crippen molar-refractivity contribution >= 4 is 11.8 Å². The van der Waals surface area contributed by atoms with Gasteiger partial charge in [-0.15, -0.1) is 0 Å². The average Bonchev–Trinajstić information content (AvgIpc) is 3.02. The van der Waals surface area contributed by atoms with E-state index in [0.29, 0.717) is 0 Å². The fourth-order valence-corrected chi connectivity index (χ4v) is 4.67. The minimum absolute atomic E-state index is 0.0700. The summed E-state index contributed by atoms with van der Waals surface area (Å²) in [6, 6.07) is 8.94. The Kier molecular flexibility index (Phi) is 6.46. The van der Waals surface area contributed by atoms with Crippen molar-refractivity contribution in [1.29, 1.82) is 0 Å². The summed E-state index contributed by atoms with van der Waals surface area (Å²) in [5.41, 5.74) is 3.83. The Bertz CT molecular complexity index is 694. The first-order valence-electron chi connectivity index (χ1n) is 9.85. The molecule has 1 heterocycles. The lowest BCUT2D eigenvalue weighted by Crippen LogP contribution is -2.16. The molecule has 1 aromatic heterocycles. The first-order valence-corrected chi connectivity index (χ1v) is 10.8. The number of thioether (sulfide) groups is 1. The molecule has 1 aliphatic carbocycles. The van der Waals surface area contributed by atoms with Gasteiger partial charge >= 0.3 is 0 Å². The van der Waals surface area contributed by atoms with Crippen LogP contribution in [-0.4, -0.2) is 14.7 Å². The smallest absolute Gasteiger partial charge is 0.168 e. The van der Waals surface area contributed by atoms with Crippen LogP contribution in [0.1, 0.15) is 69.7 Å². The quantitative estimate of drug-likeness (QED) is 0.676. The van der Waals surface area contributed by atoms with Gasteiger partial charge in [-0.3, -0.25) is 0 Å². The predicted molar refractivity (Wildman–Crippen MR) is 109 cm³/mol. The van der Waals surface area contributed by atoms with Crippen molar-refractivity contribution < 1.29 is 5.11 Å². The van der Waals surface area contributed by atoms with Crippen molar-refractivity contribution in [1.82, 2.24) is 9.55 Å². The van der Waals surface area contributed by atoms with E-state index in [0.717, 1.165) is 29.1 Å². The van der Waals surface area contributed by atoms with Crippen molar-refractivity contribution in [3.8, 4) is 0 Å². The van der Waals surface area contributed by atoms with Gasteiger partial charge in [0.15, 0.2) is 5.16 Å². The molecule has 0 bridgehead atoms. The molecular weight excluding hydrogens is 340 g/mol. The zero-order valence-corrected chi connectivity index (χ0v) is 17.2. The molecule has 0 aliphatic heterocycles. The minimum Gasteiger partial charge on any atom is -0.390 e. The summed E-state index contributed by atoms with van der Waals surface area (Å²) < 4.78 is 2.25. The number of rotatable bonds is 6. The lowest BCUT2D eigenvalue weighted by atomic mass is 9.87. The first-order chi connectivity index (χ1) is 12.5. The molecule has 142 valence electrons. The normalized spacial score (nSPS) is 16.2. The van der Waals surface area contributed by atoms with Gasteiger partial charge in [0.2, 0.25) is 0 Å². The average molecular weight is 373 g/mol. The molecule has 26 heavy (non-hydrogen) atoms. The molecule has 3 rings (SSSR count). The summed E-state index contributed by atoms with van der Waals surface area (Å²) in [7, 11) is 0. The molecule has 1 aromatic carbocycles. The second kappa shape index (κ2) is 8.62. The van der Waals surface area contributed by atoms with E-state index in [2.05, 4.69) is 54.6 Å². The number of aliphatic hydroxyl groups is 1. The van der Waals surface area contributed by atoms with Crippen LogP contribution < -0.4 is 0 Å². The number of hydrogen-bond acceptors (Lipinski definition) is 3. The molecule has 1 aliphatic rings. The molecule has 2 aromatic rings. The molecule has 3 nitrogen and oxygen atoms in total. The molecule has 0 unspecified atom stereocenters. The number of nitrogens with zero attached hydrogens (tertiary/aromatic N) is 2. The van der Waals surface area contributed by atoms with E-state index in [1.807, 2.05) is 6.20 Å². The Morgan fingerprint density at radius 1 is 1.12 bits per heavy atom. The van der Waals surface area contributed by atoms with E-state index in [9.17, 15) is 5.11 Å². The molecular formula is C22H32N2OS. The molecule has 0 saturated heterocycles. The Morgan fingerprint density at radius 2 is 1.81 bits per heavy atom. The summed E-state index contributed by atoms with van der Waals surface area (Å²) in [6.45, 7) is 7.81. The minimum atomic E-state index is 0.0700. The maximum Gasteiger partial charge on any atom is 0.168 e. The second-order valence-corrected chi connectivity index (χ2v) is 9.48. The van der Waals surface area contributed by atoms with Gasteiger partial charge in [0.1, 0.15) is 0 Å². The summed E-state index contributed by atoms with van der Waals surface area (Å²) in [5.74, 6) is 1.64. The number of aliphatic hydroxyl groups excluding tert-OH is 1. The predicted octanol–water partition coefficient (Wildman–Crippen LogP) is 5.55. The molecule has 0 atom stereocenters. The van der Waals surface area contributed by atoms with Gasteiger partial charge in [-0.2, -0.15) is 0 Å². The van der Waals surface area contributed by atoms with E-state index in [-0.39, 0.29) is 12.0 Å². The highest BCUT2D eigenvalue weighted by atomic mass is 32.2. The largest absolute Gasteiger partial charge is 0.390 e. The van der Waals surface area contributed by atoms with Gasteiger partial charge in [0.25, 0.3) is 0 Å². The Balaban J connectivity index is 1.66. The van der Waals surface area contributed by atoms with Crippen LogP contribution >= 0.6 is 11.8 Å². The van der Waals surface area contributed by atoms with Crippen LogP contribution in [0.15, 0.2) is 35.6 Å². The highest BCUT2D eigenvalue weighted by molar-refractivity contribution is 7.98. The van der Waals surface area contributed by atoms with Gasteiger partial charge in [-0.1, -0.05) is 76.1 Å². The van der Waals surface area contributed by atoms with Gasteiger partial charge < -0.3 is 9.67 Å². The zero-order valence-electron chi connectivity index (χ0n) is 16.4. The fourth-order valence-electron chi connectivity index (χ4n) is 3.71. The van der Waals surface area contributed by atoms with Crippen molar-refractivity contribution in [3.05, 3.63) is 47.3 Å². The van der Waals surface area contributed by atoms with Crippen LogP contribution in [0.25, 0.3) is 0 Å². The highest BCUT2D eigenvalue weighted by Gasteiger charge is 2.18. The van der Waals surface area contributed by atoms with E-state index in [1.165, 1.54) is 43.2 Å². The van der Waals surface area contributed by atoms with Crippen LogP contribution in [0.5, 0.6) is 0 Å². The monoisotopic (exact) mass is 372 g/mol. The van der Waals surface area contributed by atoms with E-state index < -0.39 is 0 Å². The molecule has 4 heteroatoms. The number of aromatic nitrogens is 2. The number of imidazole rings is 1. The molecule has 0 amide bonds. The number of benzene rings is 1. The molecule has 1 N–H and O–H groups in total. The maximum absolute atomic E-state index is 9.68. The Hall–Kier alpha value is -1.26. The van der Waals surface area contributed by atoms with Crippen LogP contribution in [0.2, 0.25) is 0 Å². The Morgan fingerprint density at radius 3 is 2.42 bits per heavy atom.